The maximum absolute atomic E-state index is 10.9. The van der Waals surface area contributed by atoms with Crippen LogP contribution in [0.2, 0.25) is 0 Å². The largest absolute Gasteiger partial charge is 0.490 e. The van der Waals surface area contributed by atoms with Crippen LogP contribution in [0.5, 0.6) is 17.2 Å². The number of hydrogen-bond donors (Lipinski definition) is 1. The van der Waals surface area contributed by atoms with Crippen molar-refractivity contribution >= 4 is 5.69 Å². The Hall–Kier alpha value is -2.67. The summed E-state index contributed by atoms with van der Waals surface area (Å²) in [6.07, 6.45) is 1.52. The molecule has 1 aromatic heterocycles. The molecule has 0 saturated carbocycles. The fourth-order valence-electron chi connectivity index (χ4n) is 1.73. The minimum atomic E-state index is -0.525. The number of rotatable bonds is 5. The molecule has 7 heteroatoms. The van der Waals surface area contributed by atoms with Gasteiger partial charge in [-0.1, -0.05) is 0 Å². The van der Waals surface area contributed by atoms with Crippen LogP contribution in [0.1, 0.15) is 18.7 Å². The molecule has 1 atom stereocenters. The van der Waals surface area contributed by atoms with Gasteiger partial charge in [0.2, 0.25) is 0 Å². The summed E-state index contributed by atoms with van der Waals surface area (Å²) in [5.41, 5.74) is 6.29. The number of benzene rings is 1. The van der Waals surface area contributed by atoms with Crippen LogP contribution in [0.3, 0.4) is 0 Å². The zero-order valence-electron chi connectivity index (χ0n) is 11.6. The average Bonchev–Trinajstić information content (AvgIpc) is 2.47. The summed E-state index contributed by atoms with van der Waals surface area (Å²) in [5, 5.41) is 10.9. The summed E-state index contributed by atoms with van der Waals surface area (Å²) in [4.78, 5) is 14.6. The van der Waals surface area contributed by atoms with Crippen molar-refractivity contribution in [3.63, 3.8) is 0 Å². The second kappa shape index (κ2) is 6.19. The Bertz CT molecular complexity index is 641. The SMILES string of the molecule is COc1ccc(Oc2ccc(C(C)N)nc2)cc1[N+](=O)[O-]. The number of aromatic nitrogens is 1. The highest BCUT2D eigenvalue weighted by molar-refractivity contribution is 5.51. The number of hydrogen-bond acceptors (Lipinski definition) is 6. The van der Waals surface area contributed by atoms with Crippen LogP contribution >= 0.6 is 0 Å². The number of nitrogens with two attached hydrogens (primary N) is 1. The lowest BCUT2D eigenvalue weighted by atomic mass is 10.2. The summed E-state index contributed by atoms with van der Waals surface area (Å²) in [6.45, 7) is 1.83. The first-order valence-electron chi connectivity index (χ1n) is 6.23. The Labute approximate surface area is 121 Å². The first-order chi connectivity index (χ1) is 10.0. The second-order valence-electron chi connectivity index (χ2n) is 4.40. The predicted octanol–water partition coefficient (Wildman–Crippen LogP) is 2.81. The molecule has 1 heterocycles. The van der Waals surface area contributed by atoms with Crippen molar-refractivity contribution < 1.29 is 14.4 Å². The van der Waals surface area contributed by atoms with E-state index < -0.39 is 4.92 Å². The molecule has 0 amide bonds. The van der Waals surface area contributed by atoms with Gasteiger partial charge in [-0.15, -0.1) is 0 Å². The van der Waals surface area contributed by atoms with Gasteiger partial charge in [0.1, 0.15) is 11.5 Å². The van der Waals surface area contributed by atoms with Crippen LogP contribution in [0.15, 0.2) is 36.5 Å². The minimum absolute atomic E-state index is 0.157. The molecule has 0 radical (unpaired) electrons. The molecule has 0 bridgehead atoms. The van der Waals surface area contributed by atoms with E-state index in [9.17, 15) is 10.1 Å². The number of nitrogens with zero attached hydrogens (tertiary/aromatic N) is 2. The lowest BCUT2D eigenvalue weighted by Gasteiger charge is -2.08. The zero-order chi connectivity index (χ0) is 15.4. The molecule has 0 spiro atoms. The molecular weight excluding hydrogens is 274 g/mol. The Morgan fingerprint density at radius 3 is 2.52 bits per heavy atom. The van der Waals surface area contributed by atoms with Gasteiger partial charge < -0.3 is 15.2 Å². The molecule has 21 heavy (non-hydrogen) atoms. The van der Waals surface area contributed by atoms with Crippen LogP contribution in [0, 0.1) is 10.1 Å². The summed E-state index contributed by atoms with van der Waals surface area (Å²) in [6, 6.07) is 7.67. The molecule has 0 saturated heterocycles. The van der Waals surface area contributed by atoms with Crippen molar-refractivity contribution in [3.05, 3.63) is 52.3 Å². The Balaban J connectivity index is 2.23. The first-order valence-corrected chi connectivity index (χ1v) is 6.23. The lowest BCUT2D eigenvalue weighted by Crippen LogP contribution is -2.06. The Morgan fingerprint density at radius 2 is 2.00 bits per heavy atom. The Kier molecular flexibility index (Phi) is 4.34. The highest BCUT2D eigenvalue weighted by atomic mass is 16.6. The number of ether oxygens (including phenoxy) is 2. The second-order valence-corrected chi connectivity index (χ2v) is 4.40. The van der Waals surface area contributed by atoms with Crippen molar-refractivity contribution in [2.75, 3.05) is 7.11 Å². The van der Waals surface area contributed by atoms with Gasteiger partial charge in [-0.3, -0.25) is 15.1 Å². The summed E-state index contributed by atoms with van der Waals surface area (Å²) in [7, 11) is 1.37. The van der Waals surface area contributed by atoms with E-state index in [1.165, 1.54) is 25.4 Å². The van der Waals surface area contributed by atoms with Crippen LogP contribution in [-0.2, 0) is 0 Å². The molecule has 0 aliphatic heterocycles. The smallest absolute Gasteiger partial charge is 0.314 e. The monoisotopic (exact) mass is 289 g/mol. The quantitative estimate of drug-likeness (QED) is 0.671. The minimum Gasteiger partial charge on any atom is -0.490 e. The van der Waals surface area contributed by atoms with Crippen LogP contribution < -0.4 is 15.2 Å². The van der Waals surface area contributed by atoms with E-state index in [-0.39, 0.29) is 17.5 Å². The van der Waals surface area contributed by atoms with Gasteiger partial charge >= 0.3 is 5.69 Å². The normalized spacial score (nSPS) is 11.8. The van der Waals surface area contributed by atoms with Gasteiger partial charge in [-0.2, -0.15) is 0 Å². The molecule has 0 aliphatic carbocycles. The van der Waals surface area contributed by atoms with E-state index in [1.54, 1.807) is 18.2 Å². The molecular formula is C14H15N3O4. The van der Waals surface area contributed by atoms with Crippen molar-refractivity contribution in [1.82, 2.24) is 4.98 Å². The standard InChI is InChI=1S/C14H15N3O4/c1-9(15)12-5-3-11(8-16-12)21-10-4-6-14(20-2)13(7-10)17(18)19/h3-9H,15H2,1-2H3. The molecule has 2 N–H and O–H groups in total. The highest BCUT2D eigenvalue weighted by Crippen LogP contribution is 2.32. The number of pyridine rings is 1. The van der Waals surface area contributed by atoms with Crippen molar-refractivity contribution in [3.8, 4) is 17.2 Å². The van der Waals surface area contributed by atoms with E-state index in [0.29, 0.717) is 11.5 Å². The predicted molar refractivity (Wildman–Crippen MR) is 76.6 cm³/mol. The summed E-state index contributed by atoms with van der Waals surface area (Å²) >= 11 is 0. The van der Waals surface area contributed by atoms with Crippen molar-refractivity contribution in [1.29, 1.82) is 0 Å². The van der Waals surface area contributed by atoms with Gasteiger partial charge in [-0.25, -0.2) is 0 Å². The topological polar surface area (TPSA) is 101 Å². The van der Waals surface area contributed by atoms with Gasteiger partial charge in [0.25, 0.3) is 0 Å². The van der Waals surface area contributed by atoms with E-state index >= 15 is 0 Å². The fourth-order valence-corrected chi connectivity index (χ4v) is 1.73. The molecule has 1 unspecified atom stereocenters. The molecule has 2 rings (SSSR count). The maximum Gasteiger partial charge on any atom is 0.314 e. The Morgan fingerprint density at radius 1 is 1.29 bits per heavy atom. The molecule has 1 aromatic carbocycles. The molecule has 110 valence electrons. The van der Waals surface area contributed by atoms with Crippen LogP contribution in [0.25, 0.3) is 0 Å². The number of nitro benzene ring substituents is 1. The summed E-state index contributed by atoms with van der Waals surface area (Å²) < 4.78 is 10.5. The first kappa shape index (κ1) is 14.7. The van der Waals surface area contributed by atoms with Gasteiger partial charge in [-0.05, 0) is 31.2 Å². The fraction of sp³-hybridized carbons (Fsp3) is 0.214. The van der Waals surface area contributed by atoms with Crippen molar-refractivity contribution in [2.24, 2.45) is 5.73 Å². The van der Waals surface area contributed by atoms with Gasteiger partial charge in [0, 0.05) is 6.04 Å². The van der Waals surface area contributed by atoms with Crippen LogP contribution in [0.4, 0.5) is 5.69 Å². The maximum atomic E-state index is 10.9. The van der Waals surface area contributed by atoms with Crippen LogP contribution in [-0.4, -0.2) is 17.0 Å². The average molecular weight is 289 g/mol. The third-order valence-corrected chi connectivity index (χ3v) is 2.81. The van der Waals surface area contributed by atoms with Gasteiger partial charge in [0.05, 0.1) is 30.0 Å². The molecule has 2 aromatic rings. The third-order valence-electron chi connectivity index (χ3n) is 2.81. The van der Waals surface area contributed by atoms with E-state index in [2.05, 4.69) is 4.98 Å². The summed E-state index contributed by atoms with van der Waals surface area (Å²) in [5.74, 6) is 0.981. The number of methoxy groups -OCH3 is 1. The number of nitro groups is 1. The van der Waals surface area contributed by atoms with E-state index in [1.807, 2.05) is 6.92 Å². The molecule has 0 fully saturated rings. The molecule has 0 aliphatic rings. The third kappa shape index (κ3) is 3.46. The van der Waals surface area contributed by atoms with Gasteiger partial charge in [0.15, 0.2) is 5.75 Å². The lowest BCUT2D eigenvalue weighted by molar-refractivity contribution is -0.385. The van der Waals surface area contributed by atoms with E-state index in [4.69, 9.17) is 15.2 Å². The zero-order valence-corrected chi connectivity index (χ0v) is 11.6. The molecule has 7 nitrogen and oxygen atoms in total. The highest BCUT2D eigenvalue weighted by Gasteiger charge is 2.16. The van der Waals surface area contributed by atoms with E-state index in [0.717, 1.165) is 5.69 Å². The van der Waals surface area contributed by atoms with Crippen molar-refractivity contribution in [2.45, 2.75) is 13.0 Å².